The van der Waals surface area contributed by atoms with E-state index in [0.29, 0.717) is 6.61 Å². The molecule has 1 heterocycles. The minimum atomic E-state index is -4.81. The fourth-order valence-corrected chi connectivity index (χ4v) is 3.18. The van der Waals surface area contributed by atoms with E-state index in [2.05, 4.69) is 5.32 Å². The summed E-state index contributed by atoms with van der Waals surface area (Å²) in [6.45, 7) is 2.44. The van der Waals surface area contributed by atoms with Crippen LogP contribution >= 0.6 is 0 Å². The van der Waals surface area contributed by atoms with Crippen molar-refractivity contribution in [3.8, 4) is 0 Å². The summed E-state index contributed by atoms with van der Waals surface area (Å²) in [7, 11) is -4.45. The van der Waals surface area contributed by atoms with Crippen LogP contribution < -0.4 is 10.5 Å². The molecule has 0 unspecified atom stereocenters. The molecule has 1 aromatic carbocycles. The topological polar surface area (TPSA) is 81.4 Å². The second-order valence-electron chi connectivity index (χ2n) is 5.24. The number of nitrogens with two attached hydrogens (primary N) is 1. The molecule has 1 aliphatic rings. The predicted octanol–water partition coefficient (Wildman–Crippen LogP) is 2.33. The Kier molecular flexibility index (Phi) is 4.69. The molecule has 1 aromatic rings. The van der Waals surface area contributed by atoms with E-state index in [9.17, 15) is 21.6 Å². The Morgan fingerprint density at radius 2 is 2.09 bits per heavy atom. The molecule has 0 amide bonds. The number of halogens is 3. The van der Waals surface area contributed by atoms with Gasteiger partial charge in [-0.1, -0.05) is 0 Å². The van der Waals surface area contributed by atoms with Gasteiger partial charge >= 0.3 is 6.18 Å². The van der Waals surface area contributed by atoms with E-state index >= 15 is 0 Å². The number of benzene rings is 1. The van der Waals surface area contributed by atoms with Gasteiger partial charge in [-0.2, -0.15) is 13.2 Å². The summed E-state index contributed by atoms with van der Waals surface area (Å²) >= 11 is 0. The van der Waals surface area contributed by atoms with Crippen LogP contribution in [0.15, 0.2) is 23.1 Å². The van der Waals surface area contributed by atoms with Gasteiger partial charge in [0, 0.05) is 18.3 Å². The second-order valence-corrected chi connectivity index (χ2v) is 6.77. The minimum absolute atomic E-state index is 0.0766. The largest absolute Gasteiger partial charge is 0.417 e. The number of hydrogen-bond donors (Lipinski definition) is 2. The lowest BCUT2D eigenvalue weighted by Gasteiger charge is -2.22. The fraction of sp³-hybridized carbons (Fsp3) is 0.538. The van der Waals surface area contributed by atoms with Crippen molar-refractivity contribution in [2.75, 3.05) is 11.9 Å². The van der Waals surface area contributed by atoms with Gasteiger partial charge in [-0.05, 0) is 38.0 Å². The Hall–Kier alpha value is -1.32. The third kappa shape index (κ3) is 3.90. The Bertz CT molecular complexity index is 640. The molecule has 3 N–H and O–H groups in total. The van der Waals surface area contributed by atoms with Crippen molar-refractivity contribution in [2.24, 2.45) is 5.14 Å². The van der Waals surface area contributed by atoms with Crippen LogP contribution in [0.4, 0.5) is 18.9 Å². The number of rotatable bonds is 4. The zero-order valence-electron chi connectivity index (χ0n) is 11.9. The van der Waals surface area contributed by atoms with Crippen molar-refractivity contribution in [3.05, 3.63) is 23.8 Å². The average Bonchev–Trinajstić information content (AvgIpc) is 2.90. The van der Waals surface area contributed by atoms with Gasteiger partial charge in [-0.3, -0.25) is 0 Å². The molecular weight excluding hydrogens is 321 g/mol. The number of ether oxygens (including phenoxy) is 1. The van der Waals surface area contributed by atoms with E-state index in [1.165, 1.54) is 6.07 Å². The first-order chi connectivity index (χ1) is 10.1. The zero-order chi connectivity index (χ0) is 16.5. The summed E-state index contributed by atoms with van der Waals surface area (Å²) in [5.41, 5.74) is -1.11. The summed E-state index contributed by atoms with van der Waals surface area (Å²) in [6.07, 6.45) is -3.15. The second kappa shape index (κ2) is 6.05. The van der Waals surface area contributed by atoms with E-state index in [4.69, 9.17) is 9.88 Å². The molecule has 1 aliphatic heterocycles. The van der Waals surface area contributed by atoms with Crippen LogP contribution in [0.2, 0.25) is 0 Å². The van der Waals surface area contributed by atoms with Crippen LogP contribution in [0.5, 0.6) is 0 Å². The molecule has 0 radical (unpaired) electrons. The number of anilines is 1. The van der Waals surface area contributed by atoms with Crippen LogP contribution in [0, 0.1) is 0 Å². The van der Waals surface area contributed by atoms with Crippen molar-refractivity contribution in [1.82, 2.24) is 0 Å². The van der Waals surface area contributed by atoms with Gasteiger partial charge in [0.1, 0.15) is 0 Å². The molecule has 2 atom stereocenters. The average molecular weight is 338 g/mol. The van der Waals surface area contributed by atoms with E-state index < -0.39 is 26.7 Å². The van der Waals surface area contributed by atoms with Crippen molar-refractivity contribution < 1.29 is 26.3 Å². The van der Waals surface area contributed by atoms with Crippen molar-refractivity contribution in [2.45, 2.75) is 43.0 Å². The first kappa shape index (κ1) is 17.0. The monoisotopic (exact) mass is 338 g/mol. The van der Waals surface area contributed by atoms with Gasteiger partial charge in [-0.25, -0.2) is 13.6 Å². The number of alkyl halides is 3. The van der Waals surface area contributed by atoms with E-state index in [0.717, 1.165) is 25.0 Å². The number of sulfonamides is 1. The maximum atomic E-state index is 13.0. The maximum Gasteiger partial charge on any atom is 0.417 e. The summed E-state index contributed by atoms with van der Waals surface area (Å²) in [5, 5.41) is 7.75. The molecule has 5 nitrogen and oxygen atoms in total. The molecule has 1 fully saturated rings. The highest BCUT2D eigenvalue weighted by atomic mass is 32.2. The third-order valence-corrected chi connectivity index (χ3v) is 4.48. The van der Waals surface area contributed by atoms with Gasteiger partial charge < -0.3 is 10.1 Å². The minimum Gasteiger partial charge on any atom is -0.380 e. The molecular formula is C13H17F3N2O3S. The first-order valence-corrected chi connectivity index (χ1v) is 8.26. The molecule has 0 bridgehead atoms. The number of nitrogens with one attached hydrogen (secondary N) is 1. The molecule has 0 saturated carbocycles. The Morgan fingerprint density at radius 1 is 1.41 bits per heavy atom. The lowest BCUT2D eigenvalue weighted by atomic mass is 10.1. The molecule has 2 rings (SSSR count). The SMILES string of the molecule is C[C@@H](Nc1ccc(S(N)(=O)=O)c(C(F)(F)F)c1)[C@@H]1CCCO1. The Labute approximate surface area is 126 Å². The van der Waals surface area contributed by atoms with E-state index in [1.54, 1.807) is 6.92 Å². The summed E-state index contributed by atoms with van der Waals surface area (Å²) in [5.74, 6) is 0. The normalized spacial score (nSPS) is 20.9. The predicted molar refractivity (Wildman–Crippen MR) is 74.9 cm³/mol. The van der Waals surface area contributed by atoms with Gasteiger partial charge in [0.15, 0.2) is 0 Å². The van der Waals surface area contributed by atoms with Crippen LogP contribution in [0.3, 0.4) is 0 Å². The Morgan fingerprint density at radius 3 is 2.59 bits per heavy atom. The molecule has 9 heteroatoms. The van der Waals surface area contributed by atoms with Gasteiger partial charge in [-0.15, -0.1) is 0 Å². The van der Waals surface area contributed by atoms with Crippen LogP contribution in [0.1, 0.15) is 25.3 Å². The fourth-order valence-electron chi connectivity index (χ4n) is 2.44. The highest BCUT2D eigenvalue weighted by Crippen LogP contribution is 2.35. The number of primary sulfonamides is 1. The maximum absolute atomic E-state index is 13.0. The standard InChI is InChI=1S/C13H17F3N2O3S/c1-8(11-3-2-6-21-11)18-9-4-5-12(22(17,19)20)10(7-9)13(14,15)16/h4-5,7-8,11,18H,2-3,6H2,1H3,(H2,17,19,20)/t8-,11+/m1/s1. The smallest absolute Gasteiger partial charge is 0.380 e. The van der Waals surface area contributed by atoms with Gasteiger partial charge in [0.2, 0.25) is 10.0 Å². The van der Waals surface area contributed by atoms with Crippen molar-refractivity contribution in [3.63, 3.8) is 0 Å². The highest BCUT2D eigenvalue weighted by Gasteiger charge is 2.37. The molecule has 0 aliphatic carbocycles. The van der Waals surface area contributed by atoms with Crippen molar-refractivity contribution >= 4 is 15.7 Å². The van der Waals surface area contributed by atoms with Crippen LogP contribution in [-0.2, 0) is 20.9 Å². The van der Waals surface area contributed by atoms with E-state index in [1.807, 2.05) is 0 Å². The molecule has 1 saturated heterocycles. The highest BCUT2D eigenvalue weighted by molar-refractivity contribution is 7.89. The first-order valence-electron chi connectivity index (χ1n) is 6.71. The molecule has 124 valence electrons. The summed E-state index contributed by atoms with van der Waals surface area (Å²) < 4.78 is 67.1. The van der Waals surface area contributed by atoms with Crippen molar-refractivity contribution in [1.29, 1.82) is 0 Å². The quantitative estimate of drug-likeness (QED) is 0.883. The Balaban J connectivity index is 2.31. The van der Waals surface area contributed by atoms with Gasteiger partial charge in [0.25, 0.3) is 0 Å². The van der Waals surface area contributed by atoms with E-state index in [-0.39, 0.29) is 17.8 Å². The molecule has 22 heavy (non-hydrogen) atoms. The number of hydrogen-bond acceptors (Lipinski definition) is 4. The van der Waals surface area contributed by atoms with Crippen LogP contribution in [-0.4, -0.2) is 27.2 Å². The summed E-state index contributed by atoms with van der Waals surface area (Å²) in [6, 6.07) is 2.69. The summed E-state index contributed by atoms with van der Waals surface area (Å²) in [4.78, 5) is -0.935. The lowest BCUT2D eigenvalue weighted by molar-refractivity contribution is -0.139. The third-order valence-electron chi connectivity index (χ3n) is 3.51. The zero-order valence-corrected chi connectivity index (χ0v) is 12.7. The van der Waals surface area contributed by atoms with Crippen LogP contribution in [0.25, 0.3) is 0 Å². The lowest BCUT2D eigenvalue weighted by Crippen LogP contribution is -2.30. The molecule has 0 spiro atoms. The van der Waals surface area contributed by atoms with Gasteiger partial charge in [0.05, 0.1) is 16.6 Å². The molecule has 0 aromatic heterocycles.